The summed E-state index contributed by atoms with van der Waals surface area (Å²) in [6.45, 7) is 0. The first-order chi connectivity index (χ1) is 5.88. The zero-order valence-corrected chi connectivity index (χ0v) is 12.8. The molecule has 0 unspecified atom stereocenters. The molecule has 1 aromatic heterocycles. The first kappa shape index (κ1) is 21.6. The summed E-state index contributed by atoms with van der Waals surface area (Å²) in [7, 11) is 0. The Kier molecular flexibility index (Phi) is 14.1. The van der Waals surface area contributed by atoms with Gasteiger partial charge < -0.3 is 43.0 Å². The summed E-state index contributed by atoms with van der Waals surface area (Å²) >= 11 is 1.71. The van der Waals surface area contributed by atoms with Crippen molar-refractivity contribution in [3.8, 4) is 10.4 Å². The average Bonchev–Trinajstić information content (AvgIpc) is 2.57. The number of benzene rings is 1. The quantitative estimate of drug-likeness (QED) is 0.409. The Labute approximate surface area is 133 Å². The van der Waals surface area contributed by atoms with Crippen LogP contribution in [0.2, 0.25) is 0 Å². The molecule has 0 aliphatic rings. The van der Waals surface area contributed by atoms with Crippen molar-refractivity contribution in [2.24, 2.45) is 0 Å². The van der Waals surface area contributed by atoms with E-state index >= 15 is 0 Å². The van der Waals surface area contributed by atoms with Crippen molar-refractivity contribution < 1.29 is 58.9 Å². The van der Waals surface area contributed by atoms with Crippen molar-refractivity contribution >= 4 is 17.0 Å². The van der Waals surface area contributed by atoms with Gasteiger partial charge in [-0.3, -0.25) is 0 Å². The second-order valence-electron chi connectivity index (χ2n) is 2.56. The fourth-order valence-corrected chi connectivity index (χ4v) is 1.93. The van der Waals surface area contributed by atoms with Crippen LogP contribution >= 0.6 is 11.3 Å². The molecule has 0 saturated heterocycles. The Hall–Kier alpha value is 0.304. The molecule has 0 saturated carbocycles. The van der Waals surface area contributed by atoms with Gasteiger partial charge in [-0.15, -0.1) is 11.3 Å². The van der Waals surface area contributed by atoms with Crippen LogP contribution in [0.4, 0.5) is 5.69 Å². The molecular formula is C10H9Cl3NSTi. The minimum absolute atomic E-state index is 0. The van der Waals surface area contributed by atoms with E-state index in [1.807, 2.05) is 30.3 Å². The van der Waals surface area contributed by atoms with Gasteiger partial charge in [-0.05, 0) is 17.5 Å². The molecule has 6 heteroatoms. The Morgan fingerprint density at radius 1 is 0.875 bits per heavy atom. The average molecular weight is 329 g/mol. The number of rotatable bonds is 1. The van der Waals surface area contributed by atoms with E-state index in [2.05, 4.69) is 11.4 Å². The minimum atomic E-state index is 0. The van der Waals surface area contributed by atoms with Crippen molar-refractivity contribution in [3.05, 3.63) is 41.8 Å². The van der Waals surface area contributed by atoms with E-state index in [4.69, 9.17) is 5.73 Å². The van der Waals surface area contributed by atoms with Crippen LogP contribution in [0.1, 0.15) is 0 Å². The molecular weight excluding hydrogens is 320 g/mol. The van der Waals surface area contributed by atoms with Crippen LogP contribution in [0.3, 0.4) is 0 Å². The zero-order chi connectivity index (χ0) is 8.39. The van der Waals surface area contributed by atoms with Crippen LogP contribution < -0.4 is 43.0 Å². The van der Waals surface area contributed by atoms with Gasteiger partial charge in [0.1, 0.15) is 0 Å². The van der Waals surface area contributed by atoms with Crippen LogP contribution in [0.25, 0.3) is 10.4 Å². The van der Waals surface area contributed by atoms with Gasteiger partial charge in [0.2, 0.25) is 0 Å². The molecule has 1 radical (unpaired) electrons. The maximum Gasteiger partial charge on any atom is 3.00 e. The number of para-hydroxylation sites is 1. The van der Waals surface area contributed by atoms with Gasteiger partial charge in [0, 0.05) is 16.1 Å². The number of thiophene rings is 1. The summed E-state index contributed by atoms with van der Waals surface area (Å²) in [6, 6.07) is 12.0. The van der Waals surface area contributed by atoms with Crippen molar-refractivity contribution in [2.45, 2.75) is 0 Å². The Morgan fingerprint density at radius 2 is 1.50 bits per heavy atom. The van der Waals surface area contributed by atoms with Gasteiger partial charge in [-0.2, -0.15) is 0 Å². The summed E-state index contributed by atoms with van der Waals surface area (Å²) in [5.41, 5.74) is 7.80. The molecule has 16 heavy (non-hydrogen) atoms. The monoisotopic (exact) mass is 328 g/mol. The SMILES string of the molecule is Nc1ccccc1-c1cccs1.[Cl-].[Cl-].[Cl-].[Ti+3]. The summed E-state index contributed by atoms with van der Waals surface area (Å²) in [5, 5.41) is 2.06. The zero-order valence-electron chi connectivity index (χ0n) is 8.16. The van der Waals surface area contributed by atoms with Crippen molar-refractivity contribution in [1.82, 2.24) is 0 Å². The molecule has 0 spiro atoms. The first-order valence-corrected chi connectivity index (χ1v) is 4.64. The third-order valence-electron chi connectivity index (χ3n) is 1.75. The van der Waals surface area contributed by atoms with Crippen LogP contribution in [0.15, 0.2) is 41.8 Å². The molecule has 1 heterocycles. The van der Waals surface area contributed by atoms with Gasteiger partial charge in [-0.25, -0.2) is 0 Å². The number of anilines is 1. The second kappa shape index (κ2) is 10.5. The molecule has 0 amide bonds. The maximum atomic E-state index is 5.82. The number of hydrogen-bond acceptors (Lipinski definition) is 2. The van der Waals surface area contributed by atoms with Crippen molar-refractivity contribution in [2.75, 3.05) is 5.73 Å². The van der Waals surface area contributed by atoms with Crippen molar-refractivity contribution in [3.63, 3.8) is 0 Å². The van der Waals surface area contributed by atoms with E-state index in [0.717, 1.165) is 11.3 Å². The fourth-order valence-electron chi connectivity index (χ4n) is 1.15. The number of nitrogens with two attached hydrogens (primary N) is 1. The third-order valence-corrected chi connectivity index (χ3v) is 2.65. The number of nitrogen functional groups attached to an aromatic ring is 1. The molecule has 0 aliphatic heterocycles. The Bertz CT molecular complexity index is 381. The first-order valence-electron chi connectivity index (χ1n) is 3.76. The van der Waals surface area contributed by atoms with Crippen LogP contribution in [0, 0.1) is 0 Å². The van der Waals surface area contributed by atoms with E-state index in [-0.39, 0.29) is 58.9 Å². The number of hydrogen-bond donors (Lipinski definition) is 1. The Morgan fingerprint density at radius 3 is 2.00 bits per heavy atom. The van der Waals surface area contributed by atoms with Crippen LogP contribution in [-0.4, -0.2) is 0 Å². The minimum Gasteiger partial charge on any atom is -1.00 e. The largest absolute Gasteiger partial charge is 3.00 e. The summed E-state index contributed by atoms with van der Waals surface area (Å²) in [6.07, 6.45) is 0. The van der Waals surface area contributed by atoms with Gasteiger partial charge in [0.15, 0.2) is 0 Å². The molecule has 85 valence electrons. The Balaban J connectivity index is -0.000000422. The normalized spacial score (nSPS) is 7.50. The molecule has 2 rings (SSSR count). The third kappa shape index (κ3) is 5.09. The van der Waals surface area contributed by atoms with Gasteiger partial charge in [-0.1, -0.05) is 24.3 Å². The van der Waals surface area contributed by atoms with Crippen molar-refractivity contribution in [1.29, 1.82) is 0 Å². The molecule has 2 N–H and O–H groups in total. The second-order valence-corrected chi connectivity index (χ2v) is 3.51. The van der Waals surface area contributed by atoms with E-state index in [1.54, 1.807) is 11.3 Å². The van der Waals surface area contributed by atoms with E-state index < -0.39 is 0 Å². The molecule has 1 aromatic carbocycles. The van der Waals surface area contributed by atoms with Gasteiger partial charge in [0.05, 0.1) is 0 Å². The van der Waals surface area contributed by atoms with E-state index in [9.17, 15) is 0 Å². The van der Waals surface area contributed by atoms with E-state index in [0.29, 0.717) is 0 Å². The molecule has 0 atom stereocenters. The molecule has 2 aromatic rings. The summed E-state index contributed by atoms with van der Waals surface area (Å²) < 4.78 is 0. The molecule has 1 nitrogen and oxygen atoms in total. The van der Waals surface area contributed by atoms with Crippen LogP contribution in [-0.2, 0) is 21.7 Å². The van der Waals surface area contributed by atoms with E-state index in [1.165, 1.54) is 4.88 Å². The smallest absolute Gasteiger partial charge is 1.00 e. The van der Waals surface area contributed by atoms with Crippen LogP contribution in [0.5, 0.6) is 0 Å². The molecule has 0 fully saturated rings. The topological polar surface area (TPSA) is 26.0 Å². The number of halogens is 3. The predicted octanol–water partition coefficient (Wildman–Crippen LogP) is -5.99. The summed E-state index contributed by atoms with van der Waals surface area (Å²) in [4.78, 5) is 1.23. The molecule has 0 aliphatic carbocycles. The maximum absolute atomic E-state index is 5.82. The van der Waals surface area contributed by atoms with Gasteiger partial charge >= 0.3 is 21.7 Å². The molecule has 0 bridgehead atoms. The summed E-state index contributed by atoms with van der Waals surface area (Å²) in [5.74, 6) is 0. The fraction of sp³-hybridized carbons (Fsp3) is 0. The predicted molar refractivity (Wildman–Crippen MR) is 54.2 cm³/mol. The van der Waals surface area contributed by atoms with Gasteiger partial charge in [0.25, 0.3) is 0 Å². The standard InChI is InChI=1S/C10H9NS.3ClH.Ti/c11-9-5-2-1-4-8(9)10-6-3-7-12-10;;;;/h1-7H,11H2;3*1H;/q;;;;+3/p-3.